The average Bonchev–Trinajstić information content (AvgIpc) is 2.89. The summed E-state index contributed by atoms with van der Waals surface area (Å²) in [6.07, 6.45) is -4.46. The number of ether oxygens (including phenoxy) is 4. The Morgan fingerprint density at radius 3 is 1.57 bits per heavy atom. The number of esters is 3. The summed E-state index contributed by atoms with van der Waals surface area (Å²) in [6.45, 7) is -0.426. The highest BCUT2D eigenvalue weighted by molar-refractivity contribution is 6.22. The van der Waals surface area contributed by atoms with Crippen LogP contribution in [0.2, 0.25) is 0 Å². The molecule has 1 N–H and O–H groups in total. The first-order chi connectivity index (χ1) is 16.8. The zero-order valence-corrected chi connectivity index (χ0v) is 19.0. The molecule has 8 nitrogen and oxygen atoms in total. The molecule has 3 aromatic carbocycles. The van der Waals surface area contributed by atoms with Crippen molar-refractivity contribution in [3.8, 4) is 0 Å². The number of benzene rings is 3. The predicted octanol–water partition coefficient (Wildman–Crippen LogP) is 3.58. The molecule has 4 atom stereocenters. The first-order valence-corrected chi connectivity index (χ1v) is 11.1. The molecule has 9 heteroatoms. The summed E-state index contributed by atoms with van der Waals surface area (Å²) in [5.74, 6) is -2.38. The minimum atomic E-state index is -2.55. The summed E-state index contributed by atoms with van der Waals surface area (Å²) in [5.41, 5.74) is 0.597. The molecule has 0 saturated carbocycles. The van der Waals surface area contributed by atoms with Crippen LogP contribution in [0.15, 0.2) is 91.0 Å². The Labute approximate surface area is 205 Å². The highest BCUT2D eigenvalue weighted by Crippen LogP contribution is 2.34. The van der Waals surface area contributed by atoms with Gasteiger partial charge in [0, 0.05) is 0 Å². The number of carbonyl (C=O) groups is 3. The fraction of sp³-hybridized carbons (Fsp3) is 0.192. The lowest BCUT2D eigenvalue weighted by Gasteiger charge is -2.42. The van der Waals surface area contributed by atoms with Gasteiger partial charge < -0.3 is 24.1 Å². The van der Waals surface area contributed by atoms with E-state index in [0.717, 1.165) is 0 Å². The molecule has 1 aliphatic rings. The van der Waals surface area contributed by atoms with Crippen LogP contribution in [0.25, 0.3) is 0 Å². The van der Waals surface area contributed by atoms with Gasteiger partial charge in [-0.3, -0.25) is 0 Å². The first-order valence-electron chi connectivity index (χ1n) is 10.7. The zero-order valence-electron chi connectivity index (χ0n) is 18.3. The van der Waals surface area contributed by atoms with Crippen LogP contribution in [-0.4, -0.2) is 53.2 Å². The molecule has 0 spiro atoms. The third kappa shape index (κ3) is 5.86. The van der Waals surface area contributed by atoms with Crippen LogP contribution in [0.1, 0.15) is 31.1 Å². The van der Waals surface area contributed by atoms with E-state index in [1.807, 2.05) is 0 Å². The molecule has 3 aromatic rings. The topological polar surface area (TPSA) is 108 Å². The molecule has 1 aliphatic heterocycles. The maximum atomic E-state index is 12.9. The molecule has 0 aromatic heterocycles. The van der Waals surface area contributed by atoms with Gasteiger partial charge in [-0.05, 0) is 36.4 Å². The van der Waals surface area contributed by atoms with Crippen molar-refractivity contribution >= 4 is 29.5 Å². The summed E-state index contributed by atoms with van der Waals surface area (Å²) in [5, 5.41) is 8.13. The first kappa shape index (κ1) is 24.4. The van der Waals surface area contributed by atoms with Crippen molar-refractivity contribution in [3.05, 3.63) is 108 Å². The van der Waals surface area contributed by atoms with E-state index < -0.39 is 48.1 Å². The van der Waals surface area contributed by atoms with Crippen molar-refractivity contribution in [1.82, 2.24) is 0 Å². The molecular weight excluding hydrogens is 476 g/mol. The van der Waals surface area contributed by atoms with Gasteiger partial charge in [0.1, 0.15) is 0 Å². The Morgan fingerprint density at radius 1 is 0.714 bits per heavy atom. The van der Waals surface area contributed by atoms with E-state index in [4.69, 9.17) is 30.5 Å². The van der Waals surface area contributed by atoms with Gasteiger partial charge >= 0.3 is 17.9 Å². The number of halogens is 1. The monoisotopic (exact) mass is 496 g/mol. The summed E-state index contributed by atoms with van der Waals surface area (Å²) in [4.78, 5) is 38.3. The van der Waals surface area contributed by atoms with Gasteiger partial charge in [0.25, 0.3) is 5.25 Å². The second kappa shape index (κ2) is 10.7. The molecule has 35 heavy (non-hydrogen) atoms. The molecule has 0 amide bonds. The second-order valence-corrected chi connectivity index (χ2v) is 8.20. The number of alkyl halides is 1. The number of hydrogen-bond donors (Lipinski definition) is 1. The lowest BCUT2D eigenvalue weighted by atomic mass is 10.0. The predicted molar refractivity (Wildman–Crippen MR) is 124 cm³/mol. The van der Waals surface area contributed by atoms with Crippen LogP contribution in [-0.2, 0) is 18.9 Å². The number of aliphatic hydroxyl groups is 1. The minimum absolute atomic E-state index is 0.163. The Hall–Kier alpha value is -3.72. The molecule has 4 rings (SSSR count). The number of hydrogen-bond acceptors (Lipinski definition) is 8. The third-order valence-electron chi connectivity index (χ3n) is 5.23. The summed E-state index contributed by atoms with van der Waals surface area (Å²) in [6, 6.07) is 24.1. The van der Waals surface area contributed by atoms with Crippen molar-refractivity contribution in [3.63, 3.8) is 0 Å². The van der Waals surface area contributed by atoms with Crippen LogP contribution < -0.4 is 0 Å². The molecule has 1 heterocycles. The van der Waals surface area contributed by atoms with Gasteiger partial charge in [-0.15, -0.1) is 0 Å². The van der Waals surface area contributed by atoms with Gasteiger partial charge in [-0.25, -0.2) is 14.4 Å². The molecule has 0 unspecified atom stereocenters. The number of carbonyl (C=O) groups excluding carboxylic acids is 3. The van der Waals surface area contributed by atoms with Gasteiger partial charge in [-0.1, -0.05) is 66.2 Å². The van der Waals surface area contributed by atoms with Gasteiger partial charge in [0.2, 0.25) is 6.10 Å². The van der Waals surface area contributed by atoms with Gasteiger partial charge in [-0.2, -0.15) is 0 Å². The largest absolute Gasteiger partial charge is 0.452 e. The van der Waals surface area contributed by atoms with E-state index >= 15 is 0 Å². The van der Waals surface area contributed by atoms with Crippen molar-refractivity contribution in [2.75, 3.05) is 6.61 Å². The van der Waals surface area contributed by atoms with Crippen LogP contribution in [0.3, 0.4) is 0 Å². The normalized spacial score (nSPS) is 23.7. The molecular formula is C26H21ClO8. The quantitative estimate of drug-likeness (QED) is 0.313. The maximum Gasteiger partial charge on any atom is 0.338 e. The van der Waals surface area contributed by atoms with Crippen LogP contribution >= 0.6 is 11.6 Å². The fourth-order valence-electron chi connectivity index (χ4n) is 3.46. The van der Waals surface area contributed by atoms with Crippen molar-refractivity contribution in [1.29, 1.82) is 0 Å². The lowest BCUT2D eigenvalue weighted by Crippen LogP contribution is -2.62. The van der Waals surface area contributed by atoms with E-state index in [2.05, 4.69) is 0 Å². The molecule has 1 fully saturated rings. The zero-order chi connectivity index (χ0) is 24.8. The minimum Gasteiger partial charge on any atom is -0.452 e. The maximum absolute atomic E-state index is 12.9. The number of rotatable bonds is 6. The smallest absolute Gasteiger partial charge is 0.338 e. The van der Waals surface area contributed by atoms with Crippen LogP contribution in [0.5, 0.6) is 0 Å². The van der Waals surface area contributed by atoms with Crippen molar-refractivity contribution < 1.29 is 38.4 Å². The molecule has 0 radical (unpaired) electrons. The summed E-state index contributed by atoms with van der Waals surface area (Å²) >= 11 is 6.14. The Morgan fingerprint density at radius 2 is 1.11 bits per heavy atom. The molecule has 1 saturated heterocycles. The Kier molecular flexibility index (Phi) is 7.45. The summed E-state index contributed by atoms with van der Waals surface area (Å²) < 4.78 is 21.8. The van der Waals surface area contributed by atoms with Gasteiger partial charge in [0.15, 0.2) is 12.2 Å². The highest BCUT2D eigenvalue weighted by atomic mass is 35.5. The van der Waals surface area contributed by atoms with Crippen LogP contribution in [0.4, 0.5) is 0 Å². The SMILES string of the molecule is O=C(O[C@H]1[C@@H](OC(=O)c2ccccc2)[C@](O)(Cl)OC[C@H]1OC(=O)c1ccccc1)c1ccccc1. The Bertz CT molecular complexity index is 1170. The van der Waals surface area contributed by atoms with E-state index in [-0.39, 0.29) is 16.7 Å². The Balaban J connectivity index is 1.63. The van der Waals surface area contributed by atoms with Crippen molar-refractivity contribution in [2.24, 2.45) is 0 Å². The highest BCUT2D eigenvalue weighted by Gasteiger charge is 2.55. The van der Waals surface area contributed by atoms with E-state index in [0.29, 0.717) is 0 Å². The summed E-state index contributed by atoms with van der Waals surface area (Å²) in [7, 11) is 0. The third-order valence-corrected chi connectivity index (χ3v) is 5.55. The fourth-order valence-corrected chi connectivity index (χ4v) is 3.69. The van der Waals surface area contributed by atoms with Gasteiger partial charge in [0.05, 0.1) is 23.3 Å². The second-order valence-electron chi connectivity index (χ2n) is 7.66. The van der Waals surface area contributed by atoms with Crippen molar-refractivity contribution in [2.45, 2.75) is 23.6 Å². The van der Waals surface area contributed by atoms with E-state index in [1.54, 1.807) is 66.7 Å². The average molecular weight is 497 g/mol. The van der Waals surface area contributed by atoms with Crippen LogP contribution in [0, 0.1) is 0 Å². The standard InChI is InChI=1S/C26H21ClO8/c27-26(31)22(35-25(30)19-14-8-3-9-15-19)21(34-24(29)18-12-6-2-7-13-18)20(16-32-26)33-23(28)17-10-4-1-5-11-17/h1-15,20-22,31H,16H2/t20-,21-,22-,26-/m1/s1. The van der Waals surface area contributed by atoms with E-state index in [9.17, 15) is 19.5 Å². The van der Waals surface area contributed by atoms with E-state index in [1.165, 1.54) is 24.3 Å². The lowest BCUT2D eigenvalue weighted by molar-refractivity contribution is -0.275. The molecule has 180 valence electrons. The molecule has 0 aliphatic carbocycles. The molecule has 0 bridgehead atoms.